The molecule has 134 valence electrons. The molecule has 9 N–H and O–H groups in total. The minimum absolute atomic E-state index is 0.269. The molecule has 1 aliphatic rings. The zero-order valence-electron chi connectivity index (χ0n) is 12.6. The molecule has 3 atom stereocenters. The summed E-state index contributed by atoms with van der Waals surface area (Å²) in [7, 11) is 0. The molecule has 23 heavy (non-hydrogen) atoms. The smallest absolute Gasteiger partial charge is 0.321 e. The van der Waals surface area contributed by atoms with Gasteiger partial charge in [-0.05, 0) is 26.3 Å². The van der Waals surface area contributed by atoms with Gasteiger partial charge in [0.05, 0.1) is 6.42 Å². The quantitative estimate of drug-likeness (QED) is 0.294. The molecule has 0 bridgehead atoms. The van der Waals surface area contributed by atoms with Crippen LogP contribution >= 0.6 is 0 Å². The number of nitrogens with two attached hydrogens (primary N) is 2. The van der Waals surface area contributed by atoms with E-state index in [0.29, 0.717) is 0 Å². The van der Waals surface area contributed by atoms with Crippen LogP contribution in [-0.2, 0) is 19.2 Å². The molecule has 1 heterocycles. The maximum absolute atomic E-state index is 10.1. The van der Waals surface area contributed by atoms with Gasteiger partial charge in [-0.25, -0.2) is 0 Å². The Morgan fingerprint density at radius 3 is 1.70 bits per heavy atom. The van der Waals surface area contributed by atoms with Gasteiger partial charge in [-0.1, -0.05) is 0 Å². The van der Waals surface area contributed by atoms with Gasteiger partial charge in [-0.3, -0.25) is 19.2 Å². The van der Waals surface area contributed by atoms with Crippen LogP contribution in [0.5, 0.6) is 0 Å². The van der Waals surface area contributed by atoms with Gasteiger partial charge in [0, 0.05) is 0 Å². The second-order valence-electron chi connectivity index (χ2n) is 4.66. The molecule has 1 aliphatic heterocycles. The van der Waals surface area contributed by atoms with E-state index < -0.39 is 42.4 Å². The van der Waals surface area contributed by atoms with Crippen LogP contribution in [0, 0.1) is 0 Å². The first-order valence-electron chi connectivity index (χ1n) is 6.63. The van der Waals surface area contributed by atoms with Crippen LogP contribution in [-0.4, -0.2) is 69.0 Å². The topological polar surface area (TPSA) is 213 Å². The van der Waals surface area contributed by atoms with Gasteiger partial charge in [0.15, 0.2) is 0 Å². The summed E-state index contributed by atoms with van der Waals surface area (Å²) in [5.41, 5.74) is 9.67. The van der Waals surface area contributed by atoms with E-state index in [4.69, 9.17) is 31.9 Å². The molecule has 0 spiro atoms. The fourth-order valence-corrected chi connectivity index (χ4v) is 1.17. The Morgan fingerprint density at radius 2 is 1.57 bits per heavy atom. The summed E-state index contributed by atoms with van der Waals surface area (Å²) in [5, 5.41) is 35.1. The number of carboxylic acids is 4. The van der Waals surface area contributed by atoms with Gasteiger partial charge in [0.1, 0.15) is 18.1 Å². The highest BCUT2D eigenvalue weighted by molar-refractivity contribution is 5.80. The SMILES string of the molecule is C[C@H](N)C(=O)O.N[C@@H](CC(=O)O)C(=O)O.O=C(O)[C@@H]1CCCN1. The van der Waals surface area contributed by atoms with E-state index in [2.05, 4.69) is 5.32 Å². The van der Waals surface area contributed by atoms with Crippen molar-refractivity contribution in [3.63, 3.8) is 0 Å². The highest BCUT2D eigenvalue weighted by Gasteiger charge is 2.20. The predicted octanol–water partition coefficient (Wildman–Crippen LogP) is -1.89. The van der Waals surface area contributed by atoms with Crippen molar-refractivity contribution in [2.24, 2.45) is 11.5 Å². The summed E-state index contributed by atoms with van der Waals surface area (Å²) in [6.07, 6.45) is 1.25. The number of rotatable bonds is 5. The summed E-state index contributed by atoms with van der Waals surface area (Å²) in [6.45, 7) is 2.28. The lowest BCUT2D eigenvalue weighted by Gasteiger charge is -1.99. The highest BCUT2D eigenvalue weighted by Crippen LogP contribution is 2.03. The molecule has 1 saturated heterocycles. The molecular weight excluding hydrogens is 314 g/mol. The third kappa shape index (κ3) is 14.5. The van der Waals surface area contributed by atoms with Gasteiger partial charge in [-0.15, -0.1) is 0 Å². The maximum Gasteiger partial charge on any atom is 0.321 e. The van der Waals surface area contributed by atoms with Crippen LogP contribution < -0.4 is 16.8 Å². The summed E-state index contributed by atoms with van der Waals surface area (Å²) >= 11 is 0. The first kappa shape index (κ1) is 23.0. The lowest BCUT2D eigenvalue weighted by molar-refractivity contribution is -0.144. The lowest BCUT2D eigenvalue weighted by Crippen LogP contribution is -2.32. The Balaban J connectivity index is 0. The van der Waals surface area contributed by atoms with Gasteiger partial charge in [0.25, 0.3) is 0 Å². The molecule has 11 heteroatoms. The lowest BCUT2D eigenvalue weighted by atomic mass is 10.2. The molecule has 0 radical (unpaired) electrons. The van der Waals surface area contributed by atoms with E-state index in [-0.39, 0.29) is 6.04 Å². The van der Waals surface area contributed by atoms with E-state index in [1.54, 1.807) is 0 Å². The van der Waals surface area contributed by atoms with E-state index in [1.165, 1.54) is 6.92 Å². The van der Waals surface area contributed by atoms with Crippen molar-refractivity contribution in [2.45, 2.75) is 44.3 Å². The Labute approximate surface area is 132 Å². The normalized spacial score (nSPS) is 18.3. The van der Waals surface area contributed by atoms with Crippen molar-refractivity contribution >= 4 is 23.9 Å². The molecule has 0 amide bonds. The molecule has 1 fully saturated rings. The second-order valence-corrected chi connectivity index (χ2v) is 4.66. The fraction of sp³-hybridized carbons (Fsp3) is 0.667. The summed E-state index contributed by atoms with van der Waals surface area (Å²) < 4.78 is 0. The number of nitrogens with one attached hydrogen (secondary N) is 1. The minimum Gasteiger partial charge on any atom is -0.481 e. The number of hydrogen-bond donors (Lipinski definition) is 7. The fourth-order valence-electron chi connectivity index (χ4n) is 1.17. The van der Waals surface area contributed by atoms with Gasteiger partial charge < -0.3 is 37.2 Å². The van der Waals surface area contributed by atoms with Gasteiger partial charge >= 0.3 is 23.9 Å². The number of aliphatic carboxylic acids is 4. The van der Waals surface area contributed by atoms with Crippen molar-refractivity contribution < 1.29 is 39.6 Å². The Bertz CT molecular complexity index is 407. The van der Waals surface area contributed by atoms with Crippen molar-refractivity contribution in [1.82, 2.24) is 5.32 Å². The van der Waals surface area contributed by atoms with Crippen LogP contribution in [0.2, 0.25) is 0 Å². The molecule has 0 unspecified atom stereocenters. The largest absolute Gasteiger partial charge is 0.481 e. The Kier molecular flexibility index (Phi) is 12.3. The van der Waals surface area contributed by atoms with Gasteiger partial charge in [-0.2, -0.15) is 0 Å². The van der Waals surface area contributed by atoms with E-state index in [9.17, 15) is 19.2 Å². The monoisotopic (exact) mass is 337 g/mol. The molecule has 11 nitrogen and oxygen atoms in total. The van der Waals surface area contributed by atoms with Crippen molar-refractivity contribution in [1.29, 1.82) is 0 Å². The van der Waals surface area contributed by atoms with Crippen LogP contribution in [0.25, 0.3) is 0 Å². The average molecular weight is 337 g/mol. The minimum atomic E-state index is -1.29. The number of hydrogen-bond acceptors (Lipinski definition) is 7. The average Bonchev–Trinajstić information content (AvgIpc) is 2.93. The molecule has 0 aromatic heterocycles. The molecule has 0 aromatic carbocycles. The molecule has 0 aliphatic carbocycles. The number of carboxylic acid groups (broad SMARTS) is 4. The highest BCUT2D eigenvalue weighted by atomic mass is 16.4. The molecule has 1 rings (SSSR count). The van der Waals surface area contributed by atoms with Crippen molar-refractivity contribution in [3.8, 4) is 0 Å². The van der Waals surface area contributed by atoms with Crippen molar-refractivity contribution in [2.75, 3.05) is 6.54 Å². The first-order chi connectivity index (χ1) is 10.5. The van der Waals surface area contributed by atoms with Crippen LogP contribution in [0.1, 0.15) is 26.2 Å². The summed E-state index contributed by atoms with van der Waals surface area (Å²) in [5.74, 6) is -4.18. The van der Waals surface area contributed by atoms with E-state index in [1.807, 2.05) is 0 Å². The zero-order valence-corrected chi connectivity index (χ0v) is 12.6. The standard InChI is InChI=1S/C5H9NO2.C4H7NO4.C3H7NO2/c7-5(8)4-2-1-3-6-4;5-2(4(8)9)1-3(6)7;1-2(4)3(5)6/h4,6H,1-3H2,(H,7,8);2H,1,5H2,(H,6,7)(H,8,9);2H,4H2,1H3,(H,5,6)/t4-;2*2-/m000/s1. The second kappa shape index (κ2) is 12.3. The van der Waals surface area contributed by atoms with Gasteiger partial charge in [0.2, 0.25) is 0 Å². The molecular formula is C12H23N3O8. The zero-order chi connectivity index (χ0) is 18.6. The third-order valence-electron chi connectivity index (χ3n) is 2.46. The first-order valence-corrected chi connectivity index (χ1v) is 6.63. The third-order valence-corrected chi connectivity index (χ3v) is 2.46. The predicted molar refractivity (Wildman–Crippen MR) is 77.8 cm³/mol. The summed E-state index contributed by atoms with van der Waals surface area (Å²) in [6, 6.07) is -2.29. The van der Waals surface area contributed by atoms with Crippen LogP contribution in [0.4, 0.5) is 0 Å². The summed E-state index contributed by atoms with van der Waals surface area (Å²) in [4.78, 5) is 39.3. The maximum atomic E-state index is 10.1. The number of carbonyl (C=O) groups is 4. The van der Waals surface area contributed by atoms with E-state index in [0.717, 1.165) is 19.4 Å². The Morgan fingerprint density at radius 1 is 1.09 bits per heavy atom. The van der Waals surface area contributed by atoms with Crippen molar-refractivity contribution in [3.05, 3.63) is 0 Å². The van der Waals surface area contributed by atoms with Crippen LogP contribution in [0.15, 0.2) is 0 Å². The van der Waals surface area contributed by atoms with Crippen LogP contribution in [0.3, 0.4) is 0 Å². The Hall–Kier alpha value is -2.24. The van der Waals surface area contributed by atoms with E-state index >= 15 is 0 Å². The molecule has 0 saturated carbocycles. The molecule has 0 aromatic rings.